The van der Waals surface area contributed by atoms with E-state index in [1.807, 2.05) is 17.4 Å². The Hall–Kier alpha value is -2.35. The Kier molecular flexibility index (Phi) is 5.97. The van der Waals surface area contributed by atoms with Gasteiger partial charge in [-0.15, -0.1) is 11.8 Å². The van der Waals surface area contributed by atoms with Gasteiger partial charge in [0.05, 0.1) is 34.9 Å². The van der Waals surface area contributed by atoms with Gasteiger partial charge in [-0.1, -0.05) is 31.1 Å². The number of aromatic nitrogens is 1. The molecule has 5 rings (SSSR count). The maximum Gasteiger partial charge on any atom is 0.156 e. The summed E-state index contributed by atoms with van der Waals surface area (Å²) in [5.74, 6) is 0. The maximum atomic E-state index is 11.4. The minimum Gasteiger partial charge on any atom is -0.391 e. The first-order chi connectivity index (χ1) is 15.6. The third-order valence-electron chi connectivity index (χ3n) is 6.83. The molecule has 1 aromatic heterocycles. The molecular weight excluding hydrogens is 420 g/mol. The van der Waals surface area contributed by atoms with Crippen molar-refractivity contribution in [1.82, 2.24) is 9.88 Å². The lowest BCUT2D eigenvalue weighted by Gasteiger charge is -2.42. The fourth-order valence-electron chi connectivity index (χ4n) is 5.13. The zero-order chi connectivity index (χ0) is 22.2. The van der Waals surface area contributed by atoms with Crippen molar-refractivity contribution in [3.8, 4) is 0 Å². The molecule has 7 heteroatoms. The van der Waals surface area contributed by atoms with Crippen LogP contribution in [0.1, 0.15) is 54.2 Å². The van der Waals surface area contributed by atoms with E-state index in [9.17, 15) is 10.2 Å². The molecule has 168 valence electrons. The van der Waals surface area contributed by atoms with Gasteiger partial charge >= 0.3 is 0 Å². The van der Waals surface area contributed by atoms with Crippen LogP contribution in [0.4, 0.5) is 11.4 Å². The summed E-state index contributed by atoms with van der Waals surface area (Å²) >= 11 is 1.64. The Labute approximate surface area is 193 Å². The van der Waals surface area contributed by atoms with E-state index in [2.05, 4.69) is 47.3 Å². The Balaban J connectivity index is 1.56. The van der Waals surface area contributed by atoms with Crippen LogP contribution in [0.15, 0.2) is 40.5 Å². The van der Waals surface area contributed by atoms with Crippen molar-refractivity contribution in [3.05, 3.63) is 52.7 Å². The second kappa shape index (κ2) is 8.89. The van der Waals surface area contributed by atoms with Gasteiger partial charge in [0.25, 0.3) is 0 Å². The third kappa shape index (κ3) is 3.83. The van der Waals surface area contributed by atoms with Gasteiger partial charge in [0.2, 0.25) is 0 Å². The normalized spacial score (nSPS) is 24.4. The summed E-state index contributed by atoms with van der Waals surface area (Å²) in [5, 5.41) is 23.0. The Bertz CT molecular complexity index is 1050. The highest BCUT2D eigenvalue weighted by Crippen LogP contribution is 2.46. The van der Waals surface area contributed by atoms with Crippen LogP contribution in [0.25, 0.3) is 6.08 Å². The molecular formula is C25H30N4O2S. The number of pyridine rings is 1. The molecule has 2 aromatic rings. The molecule has 1 aromatic carbocycles. The second-order valence-electron chi connectivity index (χ2n) is 8.89. The smallest absolute Gasteiger partial charge is 0.156 e. The summed E-state index contributed by atoms with van der Waals surface area (Å²) in [6, 6.07) is 6.18. The van der Waals surface area contributed by atoms with Gasteiger partial charge in [0.1, 0.15) is 0 Å². The fraction of sp³-hybridized carbons (Fsp3) is 0.440. The first-order valence-corrected chi connectivity index (χ1v) is 12.5. The number of aliphatic hydroxyl groups is 2. The lowest BCUT2D eigenvalue weighted by molar-refractivity contribution is -0.0322. The van der Waals surface area contributed by atoms with Gasteiger partial charge in [-0.05, 0) is 48.8 Å². The van der Waals surface area contributed by atoms with Crippen LogP contribution in [0, 0.1) is 0 Å². The van der Waals surface area contributed by atoms with Crippen molar-refractivity contribution in [2.45, 2.75) is 55.5 Å². The molecule has 0 amide bonds. The molecule has 1 saturated carbocycles. The van der Waals surface area contributed by atoms with Crippen molar-refractivity contribution in [2.24, 2.45) is 4.99 Å². The quantitative estimate of drug-likeness (QED) is 0.683. The highest BCUT2D eigenvalue weighted by molar-refractivity contribution is 7.98. The summed E-state index contributed by atoms with van der Waals surface area (Å²) in [7, 11) is 2.07. The highest BCUT2D eigenvalue weighted by atomic mass is 32.2. The third-order valence-corrected chi connectivity index (χ3v) is 7.49. The van der Waals surface area contributed by atoms with Crippen LogP contribution in [0.2, 0.25) is 0 Å². The highest BCUT2D eigenvalue weighted by Gasteiger charge is 2.36. The van der Waals surface area contributed by atoms with Gasteiger partial charge in [-0.2, -0.15) is 0 Å². The van der Waals surface area contributed by atoms with Crippen LogP contribution in [-0.2, 0) is 6.42 Å². The topological polar surface area (TPSA) is 72.2 Å². The molecule has 32 heavy (non-hydrogen) atoms. The molecule has 0 saturated heterocycles. The number of thioether (sulfide) groups is 1. The monoisotopic (exact) mass is 450 g/mol. The number of aliphatic hydroxyl groups excluding tert-OH is 2. The summed E-state index contributed by atoms with van der Waals surface area (Å²) in [6.45, 7) is 0.809. The van der Waals surface area contributed by atoms with Crippen LogP contribution in [-0.4, -0.2) is 58.4 Å². The standard InChI is InChI=1S/C25H30N4O2S/c1-28-11-5-6-18-17(12-16-9-10-22(32-2)26-14-16)13-19-23(24(18)28)27-15-29(25(19)31)20-7-3-4-8-21(20)30/h5-6,9-10,13-15,20-21,25,30-31H,3-4,7-8,11-12H2,1-2H3. The molecule has 1 fully saturated rings. The molecule has 0 radical (unpaired) electrons. The SMILES string of the molecule is CSc1ccc(Cc2cc3c(c4c2C=CCN4C)N=CN(C2CCCCC2O)C3O)cn1. The fourth-order valence-corrected chi connectivity index (χ4v) is 5.49. The number of benzene rings is 1. The minimum atomic E-state index is -0.819. The van der Waals surface area contributed by atoms with E-state index in [4.69, 9.17) is 4.99 Å². The Morgan fingerprint density at radius 2 is 2.03 bits per heavy atom. The number of hydrogen-bond acceptors (Lipinski definition) is 7. The number of fused-ring (bicyclic) bond motifs is 3. The van der Waals surface area contributed by atoms with E-state index < -0.39 is 12.3 Å². The van der Waals surface area contributed by atoms with Gasteiger partial charge in [-0.3, -0.25) is 0 Å². The Morgan fingerprint density at radius 1 is 1.19 bits per heavy atom. The van der Waals surface area contributed by atoms with E-state index in [-0.39, 0.29) is 6.04 Å². The number of aliphatic imine (C=N–C) groups is 1. The molecule has 3 heterocycles. The first-order valence-electron chi connectivity index (χ1n) is 11.3. The molecule has 3 atom stereocenters. The maximum absolute atomic E-state index is 11.4. The van der Waals surface area contributed by atoms with Crippen molar-refractivity contribution < 1.29 is 10.2 Å². The Morgan fingerprint density at radius 3 is 2.78 bits per heavy atom. The molecule has 6 nitrogen and oxygen atoms in total. The summed E-state index contributed by atoms with van der Waals surface area (Å²) in [4.78, 5) is 13.4. The molecule has 2 N–H and O–H groups in total. The second-order valence-corrected chi connectivity index (χ2v) is 9.72. The van der Waals surface area contributed by atoms with Gasteiger partial charge in [0, 0.05) is 30.9 Å². The summed E-state index contributed by atoms with van der Waals surface area (Å²) in [6.07, 6.45) is 13.3. The molecule has 0 bridgehead atoms. The van der Waals surface area contributed by atoms with Gasteiger partial charge in [0.15, 0.2) is 6.23 Å². The lowest BCUT2D eigenvalue weighted by atomic mass is 9.88. The van der Waals surface area contributed by atoms with E-state index in [0.29, 0.717) is 0 Å². The minimum absolute atomic E-state index is 0.101. The molecule has 1 aliphatic carbocycles. The number of likely N-dealkylation sites (N-methyl/N-ethyl adjacent to an activating group) is 1. The van der Waals surface area contributed by atoms with Crippen LogP contribution >= 0.6 is 11.8 Å². The average Bonchev–Trinajstić information content (AvgIpc) is 2.81. The van der Waals surface area contributed by atoms with Crippen LogP contribution < -0.4 is 4.90 Å². The number of rotatable bonds is 4. The zero-order valence-corrected chi connectivity index (χ0v) is 19.4. The van der Waals surface area contributed by atoms with E-state index in [1.54, 1.807) is 18.1 Å². The van der Waals surface area contributed by atoms with E-state index in [1.165, 1.54) is 0 Å². The van der Waals surface area contributed by atoms with Crippen LogP contribution in [0.5, 0.6) is 0 Å². The van der Waals surface area contributed by atoms with Crippen molar-refractivity contribution in [2.75, 3.05) is 24.7 Å². The number of nitrogens with zero attached hydrogens (tertiary/aromatic N) is 4. The van der Waals surface area contributed by atoms with E-state index in [0.717, 1.165) is 77.3 Å². The predicted molar refractivity (Wildman–Crippen MR) is 131 cm³/mol. The zero-order valence-electron chi connectivity index (χ0n) is 18.6. The predicted octanol–water partition coefficient (Wildman–Crippen LogP) is 4.13. The van der Waals surface area contributed by atoms with Crippen molar-refractivity contribution in [3.63, 3.8) is 0 Å². The summed E-state index contributed by atoms with van der Waals surface area (Å²) in [5.41, 5.74) is 6.16. The van der Waals surface area contributed by atoms with Crippen molar-refractivity contribution in [1.29, 1.82) is 0 Å². The van der Waals surface area contributed by atoms with Crippen molar-refractivity contribution >= 4 is 35.6 Å². The largest absolute Gasteiger partial charge is 0.391 e. The number of hydrogen-bond donors (Lipinski definition) is 2. The molecule has 2 aliphatic heterocycles. The number of anilines is 1. The van der Waals surface area contributed by atoms with Crippen LogP contribution in [0.3, 0.4) is 0 Å². The average molecular weight is 451 g/mol. The molecule has 3 aliphatic rings. The summed E-state index contributed by atoms with van der Waals surface area (Å²) < 4.78 is 0. The van der Waals surface area contributed by atoms with Gasteiger partial charge < -0.3 is 20.0 Å². The van der Waals surface area contributed by atoms with Gasteiger partial charge in [-0.25, -0.2) is 9.98 Å². The van der Waals surface area contributed by atoms with E-state index >= 15 is 0 Å². The lowest BCUT2D eigenvalue weighted by Crippen LogP contribution is -2.47. The molecule has 0 spiro atoms. The first kappa shape index (κ1) is 21.5. The molecule has 3 unspecified atom stereocenters.